The number of sulfonamides is 1. The summed E-state index contributed by atoms with van der Waals surface area (Å²) in [6, 6.07) is 8.91. The van der Waals surface area contributed by atoms with Gasteiger partial charge in [0, 0.05) is 12.1 Å². The predicted molar refractivity (Wildman–Crippen MR) is 86.6 cm³/mol. The highest BCUT2D eigenvalue weighted by molar-refractivity contribution is 7.92. The van der Waals surface area contributed by atoms with Crippen molar-refractivity contribution < 1.29 is 36.6 Å². The molecule has 0 aliphatic carbocycles. The quantitative estimate of drug-likeness (QED) is 0.770. The van der Waals surface area contributed by atoms with Crippen LogP contribution in [0.25, 0.3) is 6.08 Å². The zero-order chi connectivity index (χ0) is 18.9. The molecule has 2 N–H and O–H groups in total. The maximum Gasteiger partial charge on any atom is 0.586 e. The summed E-state index contributed by atoms with van der Waals surface area (Å²) in [7, 11) is -3.98. The molecule has 0 saturated carbocycles. The van der Waals surface area contributed by atoms with Crippen molar-refractivity contribution in [3.8, 4) is 11.5 Å². The third-order valence-electron chi connectivity index (χ3n) is 3.26. The van der Waals surface area contributed by atoms with E-state index in [1.54, 1.807) is 0 Å². The van der Waals surface area contributed by atoms with E-state index in [4.69, 9.17) is 5.11 Å². The summed E-state index contributed by atoms with van der Waals surface area (Å²) in [5.41, 5.74) is 0.511. The number of aliphatic carboxylic acids is 1. The summed E-state index contributed by atoms with van der Waals surface area (Å²) in [6.45, 7) is 0. The van der Waals surface area contributed by atoms with Gasteiger partial charge in [-0.3, -0.25) is 4.72 Å². The molecule has 7 nitrogen and oxygen atoms in total. The lowest BCUT2D eigenvalue weighted by Gasteiger charge is -2.09. The van der Waals surface area contributed by atoms with Crippen LogP contribution in [0.1, 0.15) is 5.56 Å². The highest BCUT2D eigenvalue weighted by Gasteiger charge is 2.43. The van der Waals surface area contributed by atoms with Crippen LogP contribution in [0.15, 0.2) is 53.4 Å². The number of nitrogens with one attached hydrogen (secondary N) is 1. The molecule has 0 fully saturated rings. The van der Waals surface area contributed by atoms with Gasteiger partial charge in [0.05, 0.1) is 10.6 Å². The summed E-state index contributed by atoms with van der Waals surface area (Å²) in [4.78, 5) is 10.4. The van der Waals surface area contributed by atoms with E-state index in [2.05, 4.69) is 14.2 Å². The molecule has 10 heteroatoms. The van der Waals surface area contributed by atoms with Crippen molar-refractivity contribution in [1.29, 1.82) is 0 Å². The number of ether oxygens (including phenoxy) is 2. The molecule has 0 atom stereocenters. The largest absolute Gasteiger partial charge is 0.586 e. The minimum Gasteiger partial charge on any atom is -0.478 e. The van der Waals surface area contributed by atoms with Gasteiger partial charge in [0.15, 0.2) is 11.5 Å². The minimum atomic E-state index is -3.98. The number of carbonyl (C=O) groups is 1. The van der Waals surface area contributed by atoms with Crippen molar-refractivity contribution in [2.45, 2.75) is 11.2 Å². The normalized spacial score (nSPS) is 15.2. The molecular formula is C16H11F2NO6S. The Morgan fingerprint density at radius 3 is 2.38 bits per heavy atom. The highest BCUT2D eigenvalue weighted by Crippen LogP contribution is 2.42. The van der Waals surface area contributed by atoms with Crippen LogP contribution < -0.4 is 14.2 Å². The Hall–Kier alpha value is -3.14. The molecule has 2 aromatic rings. The molecule has 1 heterocycles. The smallest absolute Gasteiger partial charge is 0.478 e. The van der Waals surface area contributed by atoms with Crippen LogP contribution >= 0.6 is 0 Å². The van der Waals surface area contributed by atoms with Crippen molar-refractivity contribution in [1.82, 2.24) is 0 Å². The first kappa shape index (κ1) is 17.7. The van der Waals surface area contributed by atoms with E-state index in [-0.39, 0.29) is 22.1 Å². The van der Waals surface area contributed by atoms with E-state index in [0.29, 0.717) is 5.56 Å². The number of alkyl halides is 2. The second-order valence-corrected chi connectivity index (χ2v) is 6.86. The first-order valence-electron chi connectivity index (χ1n) is 7.08. The summed E-state index contributed by atoms with van der Waals surface area (Å²) in [5.74, 6) is -1.62. The lowest BCUT2D eigenvalue weighted by atomic mass is 10.2. The molecule has 0 bridgehead atoms. The number of halogens is 2. The first-order chi connectivity index (χ1) is 12.1. The Morgan fingerprint density at radius 2 is 1.73 bits per heavy atom. The van der Waals surface area contributed by atoms with Crippen molar-refractivity contribution in [2.24, 2.45) is 0 Å². The molecule has 2 aromatic carbocycles. The van der Waals surface area contributed by atoms with Crippen molar-refractivity contribution in [3.05, 3.63) is 54.1 Å². The summed E-state index contributed by atoms with van der Waals surface area (Å²) < 4.78 is 61.5. The first-order valence-corrected chi connectivity index (χ1v) is 8.57. The van der Waals surface area contributed by atoms with Gasteiger partial charge >= 0.3 is 12.3 Å². The van der Waals surface area contributed by atoms with E-state index in [1.165, 1.54) is 36.4 Å². The van der Waals surface area contributed by atoms with Crippen LogP contribution in [0.4, 0.5) is 14.5 Å². The van der Waals surface area contributed by atoms with E-state index >= 15 is 0 Å². The number of benzene rings is 2. The lowest BCUT2D eigenvalue weighted by Crippen LogP contribution is -2.25. The summed E-state index contributed by atoms with van der Waals surface area (Å²) in [6.07, 6.45) is -1.56. The number of carboxylic acids is 1. The van der Waals surface area contributed by atoms with Gasteiger partial charge < -0.3 is 14.6 Å². The fourth-order valence-electron chi connectivity index (χ4n) is 2.15. The van der Waals surface area contributed by atoms with Crippen LogP contribution in [0, 0.1) is 0 Å². The molecule has 1 aliphatic heterocycles. The van der Waals surface area contributed by atoms with Crippen LogP contribution in [-0.4, -0.2) is 25.8 Å². The SMILES string of the molecule is O=C(O)C=Cc1ccc(S(=O)(=O)Nc2ccc3c(c2)OC(F)(F)O3)cc1. The maximum absolute atomic E-state index is 13.0. The number of hydrogen-bond acceptors (Lipinski definition) is 5. The average molecular weight is 383 g/mol. The van der Waals surface area contributed by atoms with Gasteiger partial charge in [-0.05, 0) is 35.9 Å². The zero-order valence-electron chi connectivity index (χ0n) is 12.8. The highest BCUT2D eigenvalue weighted by atomic mass is 32.2. The summed E-state index contributed by atoms with van der Waals surface area (Å²) in [5, 5.41) is 8.56. The van der Waals surface area contributed by atoms with Gasteiger partial charge in [0.1, 0.15) is 0 Å². The van der Waals surface area contributed by atoms with Gasteiger partial charge in [-0.15, -0.1) is 8.78 Å². The molecule has 0 unspecified atom stereocenters. The fourth-order valence-corrected chi connectivity index (χ4v) is 3.20. The molecule has 0 aromatic heterocycles. The second-order valence-electron chi connectivity index (χ2n) is 5.18. The maximum atomic E-state index is 13.0. The standard InChI is InChI=1S/C16H11F2NO6S/c17-16(18)24-13-7-4-11(9-14(13)25-16)19-26(22,23)12-5-1-10(2-6-12)3-8-15(20)21/h1-9,19H,(H,20,21). The average Bonchev–Trinajstić information content (AvgIpc) is 2.86. The lowest BCUT2D eigenvalue weighted by molar-refractivity contribution is -0.286. The Bertz CT molecular complexity index is 986. The molecule has 0 saturated heterocycles. The van der Waals surface area contributed by atoms with E-state index in [0.717, 1.165) is 18.2 Å². The number of carboxylic acid groups (broad SMARTS) is 1. The fraction of sp³-hybridized carbons (Fsp3) is 0.0625. The van der Waals surface area contributed by atoms with Crippen LogP contribution in [0.5, 0.6) is 11.5 Å². The molecule has 1 aliphatic rings. The van der Waals surface area contributed by atoms with Crippen molar-refractivity contribution in [3.63, 3.8) is 0 Å². The van der Waals surface area contributed by atoms with Crippen molar-refractivity contribution >= 4 is 27.8 Å². The van der Waals surface area contributed by atoms with Gasteiger partial charge in [-0.25, -0.2) is 13.2 Å². The zero-order valence-corrected chi connectivity index (χ0v) is 13.7. The monoisotopic (exact) mass is 383 g/mol. The molecule has 0 spiro atoms. The molecule has 0 amide bonds. The Balaban J connectivity index is 1.79. The number of rotatable bonds is 5. The van der Waals surface area contributed by atoms with Crippen LogP contribution in [0.3, 0.4) is 0 Å². The topological polar surface area (TPSA) is 102 Å². The Kier molecular flexibility index (Phi) is 4.28. The third-order valence-corrected chi connectivity index (χ3v) is 4.66. The van der Waals surface area contributed by atoms with Crippen LogP contribution in [0.2, 0.25) is 0 Å². The minimum absolute atomic E-state index is 0.0138. The van der Waals surface area contributed by atoms with Gasteiger partial charge in [-0.2, -0.15) is 0 Å². The molecule has 26 heavy (non-hydrogen) atoms. The van der Waals surface area contributed by atoms with Crippen LogP contribution in [-0.2, 0) is 14.8 Å². The number of fused-ring (bicyclic) bond motifs is 1. The second kappa shape index (κ2) is 6.30. The Labute approximate surface area is 146 Å². The molecular weight excluding hydrogens is 372 g/mol. The predicted octanol–water partition coefficient (Wildman–Crippen LogP) is 2.91. The summed E-state index contributed by atoms with van der Waals surface area (Å²) >= 11 is 0. The van der Waals surface area contributed by atoms with E-state index in [1.807, 2.05) is 0 Å². The van der Waals surface area contributed by atoms with Gasteiger partial charge in [0.2, 0.25) is 0 Å². The Morgan fingerprint density at radius 1 is 1.08 bits per heavy atom. The molecule has 3 rings (SSSR count). The third kappa shape index (κ3) is 3.91. The van der Waals surface area contributed by atoms with Gasteiger partial charge in [0.25, 0.3) is 10.0 Å². The van der Waals surface area contributed by atoms with E-state index < -0.39 is 22.3 Å². The van der Waals surface area contributed by atoms with Crippen molar-refractivity contribution in [2.75, 3.05) is 4.72 Å². The number of anilines is 1. The number of hydrogen-bond donors (Lipinski definition) is 2. The molecule has 0 radical (unpaired) electrons. The molecule has 136 valence electrons. The van der Waals surface area contributed by atoms with Gasteiger partial charge in [-0.1, -0.05) is 12.1 Å². The van der Waals surface area contributed by atoms with E-state index in [9.17, 15) is 22.0 Å².